The van der Waals surface area contributed by atoms with E-state index in [0.717, 1.165) is 5.56 Å². The van der Waals surface area contributed by atoms with Crippen LogP contribution in [0.3, 0.4) is 0 Å². The fourth-order valence-corrected chi connectivity index (χ4v) is 2.88. The van der Waals surface area contributed by atoms with Crippen LogP contribution in [0.5, 0.6) is 5.75 Å². The van der Waals surface area contributed by atoms with Crippen LogP contribution in [0.1, 0.15) is 42.7 Å². The molecular weight excluding hydrogens is 361 g/mol. The molecule has 0 unspecified atom stereocenters. The van der Waals surface area contributed by atoms with Gasteiger partial charge in [-0.15, -0.1) is 0 Å². The third-order valence-corrected chi connectivity index (χ3v) is 4.27. The van der Waals surface area contributed by atoms with Crippen LogP contribution in [0.15, 0.2) is 42.5 Å². The van der Waals surface area contributed by atoms with Crippen molar-refractivity contribution in [3.63, 3.8) is 0 Å². The van der Waals surface area contributed by atoms with Gasteiger partial charge in [0.2, 0.25) is 0 Å². The molecule has 0 aliphatic heterocycles. The summed E-state index contributed by atoms with van der Waals surface area (Å²) in [6.45, 7) is 4.95. The summed E-state index contributed by atoms with van der Waals surface area (Å²) in [5, 5.41) is 3.88. The molecule has 0 aliphatic rings. The van der Waals surface area contributed by atoms with Gasteiger partial charge in [-0.25, -0.2) is 0 Å². The molecule has 132 valence electrons. The summed E-state index contributed by atoms with van der Waals surface area (Å²) in [7, 11) is 0. The van der Waals surface area contributed by atoms with E-state index in [-0.39, 0.29) is 17.7 Å². The molecular formula is C19H19Cl2NO3. The molecule has 2 atom stereocenters. The maximum absolute atomic E-state index is 12.4. The monoisotopic (exact) mass is 379 g/mol. The van der Waals surface area contributed by atoms with Gasteiger partial charge in [0, 0.05) is 15.6 Å². The molecule has 1 N–H and O–H groups in total. The lowest BCUT2D eigenvalue weighted by Gasteiger charge is -2.20. The van der Waals surface area contributed by atoms with Crippen molar-refractivity contribution in [3.05, 3.63) is 63.6 Å². The molecule has 0 aromatic heterocycles. The van der Waals surface area contributed by atoms with Gasteiger partial charge in [-0.1, -0.05) is 41.4 Å². The third kappa shape index (κ3) is 5.21. The molecule has 4 nitrogen and oxygen atoms in total. The number of halogens is 2. The predicted molar refractivity (Wildman–Crippen MR) is 99.6 cm³/mol. The van der Waals surface area contributed by atoms with Crippen molar-refractivity contribution in [1.82, 2.24) is 5.32 Å². The second-order valence-electron chi connectivity index (χ2n) is 5.74. The predicted octanol–water partition coefficient (Wildman–Crippen LogP) is 4.84. The van der Waals surface area contributed by atoms with Crippen molar-refractivity contribution in [2.75, 3.05) is 0 Å². The smallest absolute Gasteiger partial charge is 0.261 e. The Kier molecular flexibility index (Phi) is 6.45. The Labute approximate surface area is 157 Å². The van der Waals surface area contributed by atoms with Gasteiger partial charge < -0.3 is 10.1 Å². The van der Waals surface area contributed by atoms with E-state index in [0.29, 0.717) is 21.4 Å². The minimum Gasteiger partial charge on any atom is -0.481 e. The molecule has 2 rings (SSSR count). The minimum atomic E-state index is -0.726. The summed E-state index contributed by atoms with van der Waals surface area (Å²) in [6.07, 6.45) is -0.726. The zero-order chi connectivity index (χ0) is 18.6. The first-order valence-electron chi connectivity index (χ1n) is 7.81. The minimum absolute atomic E-state index is 0.0615. The topological polar surface area (TPSA) is 55.4 Å². The van der Waals surface area contributed by atoms with Gasteiger partial charge in [-0.3, -0.25) is 9.59 Å². The fraction of sp³-hybridized carbons (Fsp3) is 0.263. The number of benzene rings is 2. The van der Waals surface area contributed by atoms with E-state index in [4.69, 9.17) is 27.9 Å². The van der Waals surface area contributed by atoms with Gasteiger partial charge >= 0.3 is 0 Å². The quantitative estimate of drug-likeness (QED) is 0.730. The highest BCUT2D eigenvalue weighted by Gasteiger charge is 2.19. The average molecular weight is 380 g/mol. The maximum atomic E-state index is 12.4. The Morgan fingerprint density at radius 2 is 1.80 bits per heavy atom. The molecule has 0 saturated heterocycles. The van der Waals surface area contributed by atoms with E-state index in [2.05, 4.69) is 5.32 Å². The second-order valence-corrected chi connectivity index (χ2v) is 6.58. The average Bonchev–Trinajstić information content (AvgIpc) is 2.54. The van der Waals surface area contributed by atoms with Crippen LogP contribution in [-0.2, 0) is 4.79 Å². The summed E-state index contributed by atoms with van der Waals surface area (Å²) in [4.78, 5) is 23.8. The molecule has 25 heavy (non-hydrogen) atoms. The van der Waals surface area contributed by atoms with E-state index in [1.54, 1.807) is 49.4 Å². The van der Waals surface area contributed by atoms with Crippen LogP contribution in [0.25, 0.3) is 0 Å². The number of ether oxygens (including phenoxy) is 1. The zero-order valence-electron chi connectivity index (χ0n) is 14.2. The number of hydrogen-bond acceptors (Lipinski definition) is 3. The zero-order valence-corrected chi connectivity index (χ0v) is 15.7. The highest BCUT2D eigenvalue weighted by atomic mass is 35.5. The van der Waals surface area contributed by atoms with Crippen LogP contribution in [-0.4, -0.2) is 17.8 Å². The first-order valence-corrected chi connectivity index (χ1v) is 8.56. The van der Waals surface area contributed by atoms with Crippen LogP contribution in [0.2, 0.25) is 10.0 Å². The molecule has 0 radical (unpaired) electrons. The molecule has 0 heterocycles. The second kappa shape index (κ2) is 8.37. The molecule has 2 aromatic carbocycles. The molecule has 6 heteroatoms. The lowest BCUT2D eigenvalue weighted by molar-refractivity contribution is -0.127. The number of nitrogens with one attached hydrogen (secondary N) is 1. The summed E-state index contributed by atoms with van der Waals surface area (Å²) >= 11 is 12.1. The van der Waals surface area contributed by atoms with E-state index < -0.39 is 6.10 Å². The van der Waals surface area contributed by atoms with Crippen LogP contribution < -0.4 is 10.1 Å². The number of rotatable bonds is 6. The van der Waals surface area contributed by atoms with Gasteiger partial charge in [-0.2, -0.15) is 0 Å². The van der Waals surface area contributed by atoms with Crippen molar-refractivity contribution in [3.8, 4) is 5.75 Å². The van der Waals surface area contributed by atoms with Gasteiger partial charge in [-0.05, 0) is 50.6 Å². The van der Waals surface area contributed by atoms with Crippen molar-refractivity contribution in [2.45, 2.75) is 32.9 Å². The maximum Gasteiger partial charge on any atom is 0.261 e. The first kappa shape index (κ1) is 19.3. The van der Waals surface area contributed by atoms with Crippen molar-refractivity contribution in [1.29, 1.82) is 0 Å². The summed E-state index contributed by atoms with van der Waals surface area (Å²) in [6, 6.07) is 11.6. The molecule has 0 bridgehead atoms. The Morgan fingerprint density at radius 3 is 2.44 bits per heavy atom. The number of amides is 1. The number of Topliss-reactive ketones (excluding diaryl/α,β-unsaturated/α-hetero) is 1. The van der Waals surface area contributed by atoms with Gasteiger partial charge in [0.15, 0.2) is 11.9 Å². The largest absolute Gasteiger partial charge is 0.481 e. The van der Waals surface area contributed by atoms with Crippen molar-refractivity contribution in [2.24, 2.45) is 0 Å². The Hall–Kier alpha value is -2.04. The van der Waals surface area contributed by atoms with E-state index in [9.17, 15) is 9.59 Å². The highest BCUT2D eigenvalue weighted by Crippen LogP contribution is 2.26. The molecule has 0 saturated carbocycles. The number of carbonyl (C=O) groups excluding carboxylic acids is 2. The fourth-order valence-electron chi connectivity index (χ4n) is 2.31. The van der Waals surface area contributed by atoms with Crippen LogP contribution in [0.4, 0.5) is 0 Å². The van der Waals surface area contributed by atoms with E-state index in [1.165, 1.54) is 6.92 Å². The molecule has 1 amide bonds. The standard InChI is InChI=1S/C19H19Cl2NO3/c1-11(17-8-7-15(20)10-18(17)21)22-19(24)13(3)25-16-6-4-5-14(9-16)12(2)23/h4-11,13H,1-3H3,(H,22,24)/t11-,13+/m1/s1. The summed E-state index contributed by atoms with van der Waals surface area (Å²) in [5.41, 5.74) is 1.30. The van der Waals surface area contributed by atoms with E-state index in [1.807, 2.05) is 6.92 Å². The van der Waals surface area contributed by atoms with E-state index >= 15 is 0 Å². The SMILES string of the molecule is CC(=O)c1cccc(O[C@@H](C)C(=O)N[C@H](C)c2ccc(Cl)cc2Cl)c1. The molecule has 2 aromatic rings. The van der Waals surface area contributed by atoms with Crippen molar-refractivity contribution >= 4 is 34.9 Å². The summed E-state index contributed by atoms with van der Waals surface area (Å²) < 4.78 is 5.63. The van der Waals surface area contributed by atoms with Crippen LogP contribution >= 0.6 is 23.2 Å². The molecule has 0 spiro atoms. The molecule has 0 fully saturated rings. The first-order chi connectivity index (χ1) is 11.8. The lowest BCUT2D eigenvalue weighted by atomic mass is 10.1. The van der Waals surface area contributed by atoms with Gasteiger partial charge in [0.25, 0.3) is 5.91 Å². The Balaban J connectivity index is 2.02. The number of hydrogen-bond donors (Lipinski definition) is 1. The van der Waals surface area contributed by atoms with Gasteiger partial charge in [0.05, 0.1) is 6.04 Å². The van der Waals surface area contributed by atoms with Crippen LogP contribution in [0, 0.1) is 0 Å². The molecule has 0 aliphatic carbocycles. The Morgan fingerprint density at radius 1 is 1.08 bits per heavy atom. The van der Waals surface area contributed by atoms with Gasteiger partial charge in [0.1, 0.15) is 5.75 Å². The lowest BCUT2D eigenvalue weighted by Crippen LogP contribution is -2.37. The Bertz CT molecular complexity index is 792. The summed E-state index contributed by atoms with van der Waals surface area (Å²) in [5.74, 6) is 0.118. The normalized spacial score (nSPS) is 13.0. The third-order valence-electron chi connectivity index (χ3n) is 3.71. The highest BCUT2D eigenvalue weighted by molar-refractivity contribution is 6.35. The number of ketones is 1. The van der Waals surface area contributed by atoms with Crippen molar-refractivity contribution < 1.29 is 14.3 Å². The number of carbonyl (C=O) groups is 2.